The highest BCUT2D eigenvalue weighted by molar-refractivity contribution is 5.93. The van der Waals surface area contributed by atoms with E-state index in [1.54, 1.807) is 0 Å². The van der Waals surface area contributed by atoms with E-state index in [4.69, 9.17) is 0 Å². The molecule has 4 aliphatic rings. The van der Waals surface area contributed by atoms with Crippen LogP contribution in [0.1, 0.15) is 42.2 Å². The molecule has 4 fully saturated rings. The quantitative estimate of drug-likeness (QED) is 0.896. The Labute approximate surface area is 113 Å². The van der Waals surface area contributed by atoms with E-state index in [-0.39, 0.29) is 5.91 Å². The molecule has 1 N–H and O–H groups in total. The molecule has 0 unspecified atom stereocenters. The van der Waals surface area contributed by atoms with E-state index in [0.29, 0.717) is 18.0 Å². The third-order valence-corrected chi connectivity index (χ3v) is 4.92. The molecule has 4 nitrogen and oxygen atoms in total. The fraction of sp³-hybridized carbons (Fsp3) is 0.667. The SMILES string of the molecule is O=C(N[C@@H]1CN2CCC1CC2)c1cccn1C1CC1. The van der Waals surface area contributed by atoms with Gasteiger partial charge in [0.25, 0.3) is 5.91 Å². The zero-order valence-electron chi connectivity index (χ0n) is 11.2. The van der Waals surface area contributed by atoms with E-state index in [2.05, 4.69) is 14.8 Å². The molecule has 4 heteroatoms. The van der Waals surface area contributed by atoms with Crippen LogP contribution in [0.3, 0.4) is 0 Å². The van der Waals surface area contributed by atoms with E-state index in [1.807, 2.05) is 18.3 Å². The van der Waals surface area contributed by atoms with Crippen molar-refractivity contribution in [2.75, 3.05) is 19.6 Å². The van der Waals surface area contributed by atoms with Crippen LogP contribution in [0.5, 0.6) is 0 Å². The lowest BCUT2D eigenvalue weighted by atomic mass is 9.84. The molecule has 5 rings (SSSR count). The van der Waals surface area contributed by atoms with Gasteiger partial charge in [-0.1, -0.05) is 0 Å². The van der Waals surface area contributed by atoms with Crippen molar-refractivity contribution < 1.29 is 4.79 Å². The number of rotatable bonds is 3. The smallest absolute Gasteiger partial charge is 0.268 e. The second-order valence-corrected chi connectivity index (χ2v) is 6.25. The van der Waals surface area contributed by atoms with Gasteiger partial charge in [-0.05, 0) is 56.8 Å². The van der Waals surface area contributed by atoms with Crippen molar-refractivity contribution in [2.45, 2.75) is 37.8 Å². The van der Waals surface area contributed by atoms with Crippen LogP contribution in [0.25, 0.3) is 0 Å². The van der Waals surface area contributed by atoms with Crippen LogP contribution in [0.4, 0.5) is 0 Å². The predicted octanol–water partition coefficient (Wildman–Crippen LogP) is 1.65. The molecule has 0 spiro atoms. The van der Waals surface area contributed by atoms with Crippen LogP contribution < -0.4 is 5.32 Å². The van der Waals surface area contributed by atoms with Crippen molar-refractivity contribution in [3.05, 3.63) is 24.0 Å². The van der Waals surface area contributed by atoms with Crippen molar-refractivity contribution in [1.82, 2.24) is 14.8 Å². The number of nitrogens with one attached hydrogen (secondary N) is 1. The number of hydrogen-bond donors (Lipinski definition) is 1. The molecule has 0 radical (unpaired) electrons. The minimum absolute atomic E-state index is 0.121. The molecule has 19 heavy (non-hydrogen) atoms. The van der Waals surface area contributed by atoms with E-state index >= 15 is 0 Å². The summed E-state index contributed by atoms with van der Waals surface area (Å²) in [5, 5.41) is 3.27. The van der Waals surface area contributed by atoms with E-state index in [0.717, 1.165) is 12.2 Å². The molecule has 1 aromatic heterocycles. The number of carbonyl (C=O) groups is 1. The van der Waals surface area contributed by atoms with Gasteiger partial charge in [0.2, 0.25) is 0 Å². The lowest BCUT2D eigenvalue weighted by Gasteiger charge is -2.44. The number of fused-ring (bicyclic) bond motifs is 3. The van der Waals surface area contributed by atoms with Crippen molar-refractivity contribution in [1.29, 1.82) is 0 Å². The second kappa shape index (κ2) is 4.37. The number of amides is 1. The van der Waals surface area contributed by atoms with Crippen molar-refractivity contribution in [2.24, 2.45) is 5.92 Å². The fourth-order valence-electron chi connectivity index (χ4n) is 3.63. The lowest BCUT2D eigenvalue weighted by Crippen LogP contribution is -2.57. The third kappa shape index (κ3) is 2.08. The Bertz CT molecular complexity index is 483. The van der Waals surface area contributed by atoms with Crippen LogP contribution >= 0.6 is 0 Å². The summed E-state index contributed by atoms with van der Waals surface area (Å²) in [6.07, 6.45) is 6.97. The van der Waals surface area contributed by atoms with E-state index < -0.39 is 0 Å². The minimum atomic E-state index is 0.121. The van der Waals surface area contributed by atoms with Gasteiger partial charge >= 0.3 is 0 Å². The first-order chi connectivity index (χ1) is 9.31. The van der Waals surface area contributed by atoms with Crippen LogP contribution in [0, 0.1) is 5.92 Å². The average molecular weight is 259 g/mol. The molecule has 3 saturated heterocycles. The molecule has 102 valence electrons. The molecular weight excluding hydrogens is 238 g/mol. The van der Waals surface area contributed by atoms with Crippen LogP contribution in [0.2, 0.25) is 0 Å². The predicted molar refractivity (Wildman–Crippen MR) is 73.1 cm³/mol. The second-order valence-electron chi connectivity index (χ2n) is 6.25. The summed E-state index contributed by atoms with van der Waals surface area (Å²) in [6, 6.07) is 4.87. The van der Waals surface area contributed by atoms with Gasteiger partial charge in [-0.15, -0.1) is 0 Å². The molecule has 2 bridgehead atoms. The number of piperidine rings is 3. The average Bonchev–Trinajstić information content (AvgIpc) is 3.17. The Hall–Kier alpha value is -1.29. The summed E-state index contributed by atoms with van der Waals surface area (Å²) in [7, 11) is 0. The number of hydrogen-bond acceptors (Lipinski definition) is 2. The van der Waals surface area contributed by atoms with Gasteiger partial charge in [0.15, 0.2) is 0 Å². The standard InChI is InChI=1S/C15H21N3O/c19-15(14-2-1-7-18(14)12-3-4-12)16-13-10-17-8-5-11(13)6-9-17/h1-2,7,11-13H,3-6,8-10H2,(H,16,19)/t13-/m1/s1. The highest BCUT2D eigenvalue weighted by Gasteiger charge is 2.35. The normalized spacial score (nSPS) is 33.4. The van der Waals surface area contributed by atoms with Gasteiger partial charge in [0.1, 0.15) is 5.69 Å². The maximum absolute atomic E-state index is 12.5. The van der Waals surface area contributed by atoms with Gasteiger partial charge in [-0.3, -0.25) is 4.79 Å². The largest absolute Gasteiger partial charge is 0.346 e. The summed E-state index contributed by atoms with van der Waals surface area (Å²) in [6.45, 7) is 3.48. The molecule has 1 amide bonds. The fourth-order valence-corrected chi connectivity index (χ4v) is 3.63. The van der Waals surface area contributed by atoms with E-state index in [9.17, 15) is 4.79 Å². The van der Waals surface area contributed by atoms with Crippen LogP contribution in [-0.4, -0.2) is 41.1 Å². The zero-order chi connectivity index (χ0) is 12.8. The van der Waals surface area contributed by atoms with Crippen molar-refractivity contribution in [3.8, 4) is 0 Å². The Balaban J connectivity index is 1.47. The number of aromatic nitrogens is 1. The van der Waals surface area contributed by atoms with Crippen molar-refractivity contribution >= 4 is 5.91 Å². The summed E-state index contributed by atoms with van der Waals surface area (Å²) in [5.41, 5.74) is 0.846. The molecule has 0 aromatic carbocycles. The molecule has 3 aliphatic heterocycles. The monoisotopic (exact) mass is 259 g/mol. The summed E-state index contributed by atoms with van der Waals surface area (Å²) >= 11 is 0. The number of carbonyl (C=O) groups excluding carboxylic acids is 1. The zero-order valence-corrected chi connectivity index (χ0v) is 11.2. The minimum Gasteiger partial charge on any atom is -0.346 e. The first kappa shape index (κ1) is 11.5. The van der Waals surface area contributed by atoms with Gasteiger partial charge in [-0.2, -0.15) is 0 Å². The first-order valence-electron chi connectivity index (χ1n) is 7.51. The first-order valence-corrected chi connectivity index (χ1v) is 7.51. The summed E-state index contributed by atoms with van der Waals surface area (Å²) in [4.78, 5) is 14.9. The van der Waals surface area contributed by atoms with Crippen LogP contribution in [0.15, 0.2) is 18.3 Å². The van der Waals surface area contributed by atoms with E-state index in [1.165, 1.54) is 38.8 Å². The third-order valence-electron chi connectivity index (χ3n) is 4.92. The molecular formula is C15H21N3O. The highest BCUT2D eigenvalue weighted by Crippen LogP contribution is 2.36. The highest BCUT2D eigenvalue weighted by atomic mass is 16.2. The molecule has 1 saturated carbocycles. The maximum Gasteiger partial charge on any atom is 0.268 e. The summed E-state index contributed by atoms with van der Waals surface area (Å²) < 4.78 is 2.15. The van der Waals surface area contributed by atoms with Crippen LogP contribution in [-0.2, 0) is 0 Å². The molecule has 1 aliphatic carbocycles. The van der Waals surface area contributed by atoms with Crippen molar-refractivity contribution in [3.63, 3.8) is 0 Å². The molecule has 1 atom stereocenters. The Morgan fingerprint density at radius 1 is 1.21 bits per heavy atom. The van der Waals surface area contributed by atoms with Gasteiger partial charge in [0.05, 0.1) is 0 Å². The lowest BCUT2D eigenvalue weighted by molar-refractivity contribution is 0.0615. The Kier molecular flexibility index (Phi) is 2.65. The summed E-state index contributed by atoms with van der Waals surface area (Å²) in [5.74, 6) is 0.814. The molecule has 4 heterocycles. The van der Waals surface area contributed by atoms with Gasteiger partial charge in [0, 0.05) is 24.8 Å². The molecule has 1 aromatic rings. The Morgan fingerprint density at radius 3 is 2.63 bits per heavy atom. The maximum atomic E-state index is 12.5. The Morgan fingerprint density at radius 2 is 2.00 bits per heavy atom. The topological polar surface area (TPSA) is 37.3 Å². The number of nitrogens with zero attached hydrogens (tertiary/aromatic N) is 2. The van der Waals surface area contributed by atoms with Gasteiger partial charge < -0.3 is 14.8 Å². The van der Waals surface area contributed by atoms with Gasteiger partial charge in [-0.25, -0.2) is 0 Å².